The summed E-state index contributed by atoms with van der Waals surface area (Å²) in [5.41, 5.74) is 1.72. The molecule has 1 aliphatic rings. The first-order valence-electron chi connectivity index (χ1n) is 11.1. The number of amides is 1. The van der Waals surface area contributed by atoms with Crippen LogP contribution in [-0.4, -0.2) is 47.0 Å². The van der Waals surface area contributed by atoms with E-state index >= 15 is 0 Å². The molecule has 1 fully saturated rings. The van der Waals surface area contributed by atoms with Crippen LogP contribution < -0.4 is 15.4 Å². The normalized spacial score (nSPS) is 16.7. The summed E-state index contributed by atoms with van der Waals surface area (Å²) in [7, 11) is 1.59. The number of carbonyl (C=O) groups is 1. The molecule has 0 bridgehead atoms. The minimum absolute atomic E-state index is 0.0180. The Morgan fingerprint density at radius 3 is 3.09 bits per heavy atom. The molecule has 2 N–H and O–H groups in total. The second-order valence-electron chi connectivity index (χ2n) is 7.55. The summed E-state index contributed by atoms with van der Waals surface area (Å²) in [6.07, 6.45) is 3.09. The van der Waals surface area contributed by atoms with E-state index in [1.165, 1.54) is 12.4 Å². The third-order valence-corrected chi connectivity index (χ3v) is 5.87. The molecule has 2 heterocycles. The monoisotopic (exact) mass is 458 g/mol. The Kier molecular flexibility index (Phi) is 6.31. The van der Waals surface area contributed by atoms with Crippen LogP contribution in [0.2, 0.25) is 5.02 Å². The smallest absolute Gasteiger partial charge is 0.237 e. The van der Waals surface area contributed by atoms with Gasteiger partial charge in [0.15, 0.2) is 5.82 Å². The van der Waals surface area contributed by atoms with Crippen LogP contribution in [0.15, 0.2) is 36.7 Å². The van der Waals surface area contributed by atoms with Crippen molar-refractivity contribution in [1.82, 2.24) is 20.2 Å². The van der Waals surface area contributed by atoms with Gasteiger partial charge in [0.2, 0.25) is 5.91 Å². The highest BCUT2D eigenvalue weighted by Crippen LogP contribution is 2.33. The standard InChI is InChI=1S/C23H25ClFN5O2/c1-3-26-23(31)19-8-5-9-30(19)12-14-10-15-18(11-20(14)32-2)27-13-28-22(15)29-17-7-4-6-16(24)21(17)25/h4,6-7,10-11,13,19H,3,5,8-9,12H2,1-2H3,(H,26,31)(H,27,28,29)/t19-/m0/s1/i1D. The summed E-state index contributed by atoms with van der Waals surface area (Å²) in [6.45, 7) is 1.77. The van der Waals surface area contributed by atoms with Gasteiger partial charge in [-0.2, -0.15) is 0 Å². The molecule has 0 saturated carbocycles. The first-order valence-corrected chi connectivity index (χ1v) is 10.7. The van der Waals surface area contributed by atoms with Gasteiger partial charge in [0, 0.05) is 31.5 Å². The predicted octanol–water partition coefficient (Wildman–Crippen LogP) is 4.28. The maximum absolute atomic E-state index is 14.4. The van der Waals surface area contributed by atoms with Crippen molar-refractivity contribution in [2.45, 2.75) is 32.3 Å². The molecule has 7 nitrogen and oxygen atoms in total. The number of fused-ring (bicyclic) bond motifs is 1. The van der Waals surface area contributed by atoms with E-state index in [9.17, 15) is 9.18 Å². The number of nitrogens with zero attached hydrogens (tertiary/aromatic N) is 3. The Hall–Kier alpha value is -2.97. The molecule has 0 unspecified atom stereocenters. The lowest BCUT2D eigenvalue weighted by molar-refractivity contribution is -0.125. The number of anilines is 2. The number of likely N-dealkylation sites (N-methyl/N-ethyl adjacent to an activating group) is 1. The second kappa shape index (κ2) is 9.67. The molecule has 4 rings (SSSR count). The van der Waals surface area contributed by atoms with Crippen molar-refractivity contribution in [2.75, 3.05) is 25.5 Å². The summed E-state index contributed by atoms with van der Waals surface area (Å²) >= 11 is 5.92. The first kappa shape index (κ1) is 20.9. The second-order valence-corrected chi connectivity index (χ2v) is 7.96. The lowest BCUT2D eigenvalue weighted by Crippen LogP contribution is -2.42. The van der Waals surface area contributed by atoms with Crippen molar-refractivity contribution >= 4 is 39.9 Å². The number of hydrogen-bond acceptors (Lipinski definition) is 6. The van der Waals surface area contributed by atoms with Crippen molar-refractivity contribution in [3.63, 3.8) is 0 Å². The Morgan fingerprint density at radius 1 is 1.41 bits per heavy atom. The SMILES string of the molecule is [2H]CCNC(=O)[C@@H]1CCCN1Cc1cc2c(Nc3cccc(Cl)c3F)ncnc2cc1OC. The molecule has 3 aromatic rings. The van der Waals surface area contributed by atoms with Gasteiger partial charge in [-0.15, -0.1) is 0 Å². The number of hydrogen-bond donors (Lipinski definition) is 2. The van der Waals surface area contributed by atoms with Crippen LogP contribution in [0.4, 0.5) is 15.9 Å². The summed E-state index contributed by atoms with van der Waals surface area (Å²) in [4.78, 5) is 23.3. The quantitative estimate of drug-likeness (QED) is 0.550. The molecule has 2 aromatic carbocycles. The number of aromatic nitrogens is 2. The van der Waals surface area contributed by atoms with Crippen molar-refractivity contribution in [3.8, 4) is 5.75 Å². The third kappa shape index (κ3) is 4.47. The number of halogens is 2. The van der Waals surface area contributed by atoms with E-state index in [1.54, 1.807) is 19.2 Å². The fourth-order valence-electron chi connectivity index (χ4n) is 4.04. The number of methoxy groups -OCH3 is 1. The Morgan fingerprint density at radius 2 is 2.28 bits per heavy atom. The molecule has 1 aliphatic heterocycles. The highest BCUT2D eigenvalue weighted by molar-refractivity contribution is 6.31. The highest BCUT2D eigenvalue weighted by atomic mass is 35.5. The van der Waals surface area contributed by atoms with Crippen LogP contribution in [0.1, 0.15) is 26.7 Å². The van der Waals surface area contributed by atoms with Gasteiger partial charge in [0.1, 0.15) is 17.9 Å². The van der Waals surface area contributed by atoms with E-state index in [4.69, 9.17) is 17.7 Å². The molecule has 1 atom stereocenters. The molecule has 9 heteroatoms. The maximum atomic E-state index is 14.4. The number of ether oxygens (including phenoxy) is 1. The van der Waals surface area contributed by atoms with Crippen LogP contribution in [0, 0.1) is 5.82 Å². The number of nitrogens with one attached hydrogen (secondary N) is 2. The zero-order valence-electron chi connectivity index (χ0n) is 18.7. The Labute approximate surface area is 192 Å². The van der Waals surface area contributed by atoms with Crippen molar-refractivity contribution in [2.24, 2.45) is 0 Å². The van der Waals surface area contributed by atoms with Crippen molar-refractivity contribution < 1.29 is 15.3 Å². The minimum Gasteiger partial charge on any atom is -0.496 e. The lowest BCUT2D eigenvalue weighted by Gasteiger charge is -2.24. The van der Waals surface area contributed by atoms with E-state index in [2.05, 4.69) is 25.5 Å². The largest absolute Gasteiger partial charge is 0.496 e. The number of rotatable bonds is 7. The topological polar surface area (TPSA) is 79.4 Å². The summed E-state index contributed by atoms with van der Waals surface area (Å²) in [6, 6.07) is 8.21. The Balaban J connectivity index is 1.66. The van der Waals surface area contributed by atoms with Gasteiger partial charge in [0.25, 0.3) is 0 Å². The molecule has 0 spiro atoms. The fourth-order valence-corrected chi connectivity index (χ4v) is 4.22. The summed E-state index contributed by atoms with van der Waals surface area (Å²) in [5, 5.41) is 6.55. The van der Waals surface area contributed by atoms with Gasteiger partial charge >= 0.3 is 0 Å². The van der Waals surface area contributed by atoms with Gasteiger partial charge in [-0.3, -0.25) is 9.69 Å². The van der Waals surface area contributed by atoms with E-state index in [-0.39, 0.29) is 29.6 Å². The number of likely N-dealkylation sites (tertiary alicyclic amines) is 1. The fraction of sp³-hybridized carbons (Fsp3) is 0.348. The third-order valence-electron chi connectivity index (χ3n) is 5.58. The van der Waals surface area contributed by atoms with Gasteiger partial charge in [0.05, 0.1) is 29.4 Å². The van der Waals surface area contributed by atoms with Crippen LogP contribution in [-0.2, 0) is 11.3 Å². The molecular weight excluding hydrogens is 433 g/mol. The van der Waals surface area contributed by atoms with Gasteiger partial charge in [-0.05, 0) is 44.5 Å². The maximum Gasteiger partial charge on any atom is 0.237 e. The van der Waals surface area contributed by atoms with E-state index < -0.39 is 5.82 Å². The van der Waals surface area contributed by atoms with Gasteiger partial charge in [-0.1, -0.05) is 17.7 Å². The van der Waals surface area contributed by atoms with Gasteiger partial charge in [-0.25, -0.2) is 14.4 Å². The average Bonchev–Trinajstić information content (AvgIpc) is 3.28. The Bertz CT molecular complexity index is 1170. The lowest BCUT2D eigenvalue weighted by atomic mass is 10.1. The first-order chi connectivity index (χ1) is 16.0. The number of benzene rings is 2. The minimum atomic E-state index is -0.557. The molecule has 0 aliphatic carbocycles. The molecule has 168 valence electrons. The van der Waals surface area contributed by atoms with Gasteiger partial charge < -0.3 is 15.4 Å². The van der Waals surface area contributed by atoms with Crippen LogP contribution in [0.25, 0.3) is 10.9 Å². The molecule has 0 radical (unpaired) electrons. The summed E-state index contributed by atoms with van der Waals surface area (Å²) in [5.74, 6) is 0.481. The van der Waals surface area contributed by atoms with Crippen LogP contribution in [0.5, 0.6) is 5.75 Å². The van der Waals surface area contributed by atoms with E-state index in [1.807, 2.05) is 12.1 Å². The predicted molar refractivity (Wildman–Crippen MR) is 123 cm³/mol. The van der Waals surface area contributed by atoms with E-state index in [0.29, 0.717) is 35.6 Å². The summed E-state index contributed by atoms with van der Waals surface area (Å²) < 4.78 is 27.3. The average molecular weight is 459 g/mol. The molecule has 1 aromatic heterocycles. The van der Waals surface area contributed by atoms with E-state index in [0.717, 1.165) is 24.9 Å². The highest BCUT2D eigenvalue weighted by Gasteiger charge is 2.31. The van der Waals surface area contributed by atoms with Crippen molar-refractivity contribution in [1.29, 1.82) is 0 Å². The molecule has 32 heavy (non-hydrogen) atoms. The van der Waals surface area contributed by atoms with Crippen molar-refractivity contribution in [3.05, 3.63) is 53.1 Å². The molecular formula is C23H25ClFN5O2. The van der Waals surface area contributed by atoms with Crippen LogP contribution in [0.3, 0.4) is 0 Å². The zero-order valence-corrected chi connectivity index (χ0v) is 18.5. The van der Waals surface area contributed by atoms with Crippen LogP contribution >= 0.6 is 11.6 Å². The molecule has 1 saturated heterocycles. The number of carbonyl (C=O) groups excluding carboxylic acids is 1. The zero-order chi connectivity index (χ0) is 23.4. The molecule has 1 amide bonds.